The van der Waals surface area contributed by atoms with Crippen LogP contribution in [0.15, 0.2) is 48.0 Å². The molecule has 2 N–H and O–H groups in total. The number of nitrogens with zero attached hydrogens (tertiary/aromatic N) is 3. The van der Waals surface area contributed by atoms with E-state index < -0.39 is 10.1 Å². The van der Waals surface area contributed by atoms with Crippen molar-refractivity contribution < 1.29 is 13.0 Å². The fraction of sp³-hybridized carbons (Fsp3) is 0.0833. The third kappa shape index (κ3) is 3.59. The van der Waals surface area contributed by atoms with E-state index in [0.717, 1.165) is 11.1 Å². The molecule has 0 fully saturated rings. The highest BCUT2D eigenvalue weighted by molar-refractivity contribution is 7.85. The number of hydrogen-bond acceptors (Lipinski definition) is 5. The number of imidazole rings is 1. The van der Waals surface area contributed by atoms with Crippen LogP contribution in [0.25, 0.3) is 11.2 Å². The van der Waals surface area contributed by atoms with Gasteiger partial charge in [-0.15, -0.1) is 0 Å². The third-order valence-corrected chi connectivity index (χ3v) is 3.28. The molecule has 0 spiro atoms. The van der Waals surface area contributed by atoms with Crippen molar-refractivity contribution in [3.05, 3.63) is 48.7 Å². The summed E-state index contributed by atoms with van der Waals surface area (Å²) in [6.45, 7) is 1.84. The molecule has 20 heavy (non-hydrogen) atoms. The fourth-order valence-electron chi connectivity index (χ4n) is 1.40. The predicted octanol–water partition coefficient (Wildman–Crippen LogP) is 1.59. The topological polar surface area (TPSA) is 109 Å². The molecule has 7 nitrogen and oxygen atoms in total. The Morgan fingerprint density at radius 1 is 1.15 bits per heavy atom. The maximum Gasteiger partial charge on any atom is 0.294 e. The Labute approximate surface area is 115 Å². The van der Waals surface area contributed by atoms with Gasteiger partial charge >= 0.3 is 0 Å². The summed E-state index contributed by atoms with van der Waals surface area (Å²) in [6.07, 6.45) is 4.76. The molecule has 0 aliphatic heterocycles. The van der Waals surface area contributed by atoms with Crippen molar-refractivity contribution in [3.8, 4) is 0 Å². The van der Waals surface area contributed by atoms with E-state index in [1.54, 1.807) is 24.7 Å². The summed E-state index contributed by atoms with van der Waals surface area (Å²) < 4.78 is 29.6. The molecule has 1 aromatic carbocycles. The first kappa shape index (κ1) is 14.1. The van der Waals surface area contributed by atoms with Gasteiger partial charge in [0.2, 0.25) is 0 Å². The van der Waals surface area contributed by atoms with Gasteiger partial charge in [0.1, 0.15) is 11.8 Å². The number of H-pyrrole nitrogens is 1. The molecule has 104 valence electrons. The first-order valence-corrected chi connectivity index (χ1v) is 7.04. The standard InChI is InChI=1S/C7H8O3S.C5H4N4/c1-6-2-4-7(5-3-6)11(8,9)10;1-4-5(8-2-6-1)9-3-7-4/h2-5H,1H3,(H,8,9,10);1-3H,(H,6,7,8,9). The highest BCUT2D eigenvalue weighted by atomic mass is 32.2. The van der Waals surface area contributed by atoms with Gasteiger partial charge < -0.3 is 4.98 Å². The molecule has 0 amide bonds. The van der Waals surface area contributed by atoms with E-state index in [1.165, 1.54) is 18.5 Å². The second kappa shape index (κ2) is 5.76. The van der Waals surface area contributed by atoms with Gasteiger partial charge in [-0.25, -0.2) is 15.0 Å². The van der Waals surface area contributed by atoms with Crippen LogP contribution in [0.3, 0.4) is 0 Å². The summed E-state index contributed by atoms with van der Waals surface area (Å²) in [4.78, 5) is 14.4. The van der Waals surface area contributed by atoms with E-state index in [0.29, 0.717) is 5.65 Å². The van der Waals surface area contributed by atoms with Crippen LogP contribution in [-0.4, -0.2) is 32.9 Å². The number of rotatable bonds is 1. The van der Waals surface area contributed by atoms with E-state index >= 15 is 0 Å². The largest absolute Gasteiger partial charge is 0.342 e. The molecule has 3 rings (SSSR count). The van der Waals surface area contributed by atoms with Gasteiger partial charge in [0.25, 0.3) is 10.1 Å². The predicted molar refractivity (Wildman–Crippen MR) is 72.7 cm³/mol. The minimum atomic E-state index is -4.02. The lowest BCUT2D eigenvalue weighted by molar-refractivity contribution is 0.483. The van der Waals surface area contributed by atoms with Gasteiger partial charge in [0, 0.05) is 0 Å². The van der Waals surface area contributed by atoms with Crippen LogP contribution in [-0.2, 0) is 10.1 Å². The molecule has 0 bridgehead atoms. The molecule has 0 saturated carbocycles. The SMILES string of the molecule is Cc1ccc(S(=O)(=O)O)cc1.c1ncc2[nH]cnc2n1. The van der Waals surface area contributed by atoms with Crippen LogP contribution in [0.5, 0.6) is 0 Å². The Kier molecular flexibility index (Phi) is 4.06. The first-order valence-electron chi connectivity index (χ1n) is 5.60. The van der Waals surface area contributed by atoms with Crippen molar-refractivity contribution in [1.29, 1.82) is 0 Å². The van der Waals surface area contributed by atoms with Gasteiger partial charge in [0.05, 0.1) is 17.4 Å². The Balaban J connectivity index is 0.000000149. The summed E-state index contributed by atoms with van der Waals surface area (Å²) >= 11 is 0. The zero-order valence-electron chi connectivity index (χ0n) is 10.6. The summed E-state index contributed by atoms with van der Waals surface area (Å²) in [5, 5.41) is 0. The van der Waals surface area contributed by atoms with Gasteiger partial charge in [0.15, 0.2) is 5.65 Å². The van der Waals surface area contributed by atoms with Crippen LogP contribution in [0.1, 0.15) is 5.56 Å². The van der Waals surface area contributed by atoms with E-state index in [2.05, 4.69) is 19.9 Å². The minimum absolute atomic E-state index is 0.0666. The van der Waals surface area contributed by atoms with E-state index in [-0.39, 0.29) is 4.90 Å². The van der Waals surface area contributed by atoms with E-state index in [9.17, 15) is 8.42 Å². The second-order valence-electron chi connectivity index (χ2n) is 3.95. The van der Waals surface area contributed by atoms with Crippen molar-refractivity contribution in [1.82, 2.24) is 19.9 Å². The van der Waals surface area contributed by atoms with Crippen LogP contribution in [0, 0.1) is 6.92 Å². The lowest BCUT2D eigenvalue weighted by Crippen LogP contribution is -1.96. The van der Waals surface area contributed by atoms with Gasteiger partial charge in [-0.3, -0.25) is 4.55 Å². The Morgan fingerprint density at radius 2 is 1.85 bits per heavy atom. The molecule has 0 saturated heterocycles. The van der Waals surface area contributed by atoms with Gasteiger partial charge in [-0.1, -0.05) is 17.7 Å². The third-order valence-electron chi connectivity index (χ3n) is 2.42. The highest BCUT2D eigenvalue weighted by Crippen LogP contribution is 2.08. The Hall–Kier alpha value is -2.32. The molecule has 0 aliphatic rings. The van der Waals surface area contributed by atoms with Crippen molar-refractivity contribution >= 4 is 21.3 Å². The first-order chi connectivity index (χ1) is 9.47. The maximum atomic E-state index is 10.5. The molecule has 8 heteroatoms. The van der Waals surface area contributed by atoms with Crippen LogP contribution in [0.2, 0.25) is 0 Å². The molecule has 3 aromatic rings. The monoisotopic (exact) mass is 292 g/mol. The zero-order valence-corrected chi connectivity index (χ0v) is 11.4. The average Bonchev–Trinajstić information content (AvgIpc) is 2.87. The Morgan fingerprint density at radius 3 is 2.45 bits per heavy atom. The van der Waals surface area contributed by atoms with Crippen LogP contribution in [0.4, 0.5) is 0 Å². The smallest absolute Gasteiger partial charge is 0.294 e. The lowest BCUT2D eigenvalue weighted by Gasteiger charge is -1.95. The molecular formula is C12H12N4O3S. The lowest BCUT2D eigenvalue weighted by atomic mass is 10.2. The van der Waals surface area contributed by atoms with Crippen molar-refractivity contribution in [2.75, 3.05) is 0 Å². The van der Waals surface area contributed by atoms with Crippen molar-refractivity contribution in [2.45, 2.75) is 11.8 Å². The number of nitrogens with one attached hydrogen (secondary N) is 1. The summed E-state index contributed by atoms with van der Waals surface area (Å²) in [5.74, 6) is 0. The molecule has 0 unspecified atom stereocenters. The number of aromatic nitrogens is 4. The summed E-state index contributed by atoms with van der Waals surface area (Å²) in [6, 6.07) is 5.99. The fourth-order valence-corrected chi connectivity index (χ4v) is 1.88. The van der Waals surface area contributed by atoms with E-state index in [1.807, 2.05) is 6.92 Å². The molecular weight excluding hydrogens is 280 g/mol. The Bertz CT molecular complexity index is 767. The quantitative estimate of drug-likeness (QED) is 0.659. The summed E-state index contributed by atoms with van der Waals surface area (Å²) in [7, 11) is -4.02. The van der Waals surface area contributed by atoms with Crippen LogP contribution < -0.4 is 0 Å². The number of aromatic amines is 1. The van der Waals surface area contributed by atoms with Gasteiger partial charge in [-0.2, -0.15) is 8.42 Å². The van der Waals surface area contributed by atoms with Crippen molar-refractivity contribution in [3.63, 3.8) is 0 Å². The molecule has 0 radical (unpaired) electrons. The number of aryl methyl sites for hydroxylation is 1. The number of benzene rings is 1. The highest BCUT2D eigenvalue weighted by Gasteiger charge is 2.06. The maximum absolute atomic E-state index is 10.5. The van der Waals surface area contributed by atoms with Gasteiger partial charge in [-0.05, 0) is 19.1 Å². The van der Waals surface area contributed by atoms with Crippen molar-refractivity contribution in [2.24, 2.45) is 0 Å². The molecule has 2 aromatic heterocycles. The van der Waals surface area contributed by atoms with Crippen LogP contribution >= 0.6 is 0 Å². The molecule has 0 aliphatic carbocycles. The number of fused-ring (bicyclic) bond motifs is 1. The average molecular weight is 292 g/mol. The molecule has 2 heterocycles. The normalized spacial score (nSPS) is 10.9. The zero-order chi connectivity index (χ0) is 14.6. The molecule has 0 atom stereocenters. The van der Waals surface area contributed by atoms with E-state index in [4.69, 9.17) is 4.55 Å². The number of hydrogen-bond donors (Lipinski definition) is 2. The second-order valence-corrected chi connectivity index (χ2v) is 5.37. The minimum Gasteiger partial charge on any atom is -0.342 e. The summed E-state index contributed by atoms with van der Waals surface area (Å²) in [5.41, 5.74) is 2.54.